The number of ketones is 1. The van der Waals surface area contributed by atoms with Crippen molar-refractivity contribution in [3.8, 4) is 0 Å². The van der Waals surface area contributed by atoms with Gasteiger partial charge >= 0.3 is 6.18 Å². The molecule has 5 heteroatoms. The van der Waals surface area contributed by atoms with Gasteiger partial charge in [-0.2, -0.15) is 13.2 Å². The standard InChI is InChI=1S/C13H14F3NO/c1-9-8-17(7-6-12(9)18)11-5-3-2-4-10(11)13(14,15)16/h2-5,9H,6-8H2,1H3. The predicted molar refractivity (Wildman–Crippen MR) is 62.4 cm³/mol. The molecule has 1 saturated heterocycles. The molecule has 0 saturated carbocycles. The van der Waals surface area contributed by atoms with Gasteiger partial charge < -0.3 is 4.90 Å². The Balaban J connectivity index is 2.31. The molecule has 0 amide bonds. The molecular formula is C13H14F3NO. The molecule has 18 heavy (non-hydrogen) atoms. The van der Waals surface area contributed by atoms with Crippen molar-refractivity contribution < 1.29 is 18.0 Å². The van der Waals surface area contributed by atoms with Crippen LogP contribution in [0.2, 0.25) is 0 Å². The summed E-state index contributed by atoms with van der Waals surface area (Å²) in [6.45, 7) is 2.47. The number of carbonyl (C=O) groups excluding carboxylic acids is 1. The number of piperidine rings is 1. The van der Waals surface area contributed by atoms with Gasteiger partial charge in [-0.25, -0.2) is 0 Å². The summed E-state index contributed by atoms with van der Waals surface area (Å²) in [5.41, 5.74) is -0.462. The lowest BCUT2D eigenvalue weighted by Crippen LogP contribution is -2.40. The Kier molecular flexibility index (Phi) is 3.32. The molecule has 1 aliphatic heterocycles. The molecule has 1 aliphatic rings. The quantitative estimate of drug-likeness (QED) is 0.770. The van der Waals surface area contributed by atoms with E-state index in [4.69, 9.17) is 0 Å². The zero-order valence-corrected chi connectivity index (χ0v) is 10.00. The summed E-state index contributed by atoms with van der Waals surface area (Å²) in [7, 11) is 0. The van der Waals surface area contributed by atoms with Crippen molar-refractivity contribution in [1.82, 2.24) is 0 Å². The first kappa shape index (κ1) is 12.9. The van der Waals surface area contributed by atoms with E-state index in [2.05, 4.69) is 0 Å². The number of Topliss-reactive ketones (excluding diaryl/α,β-unsaturated/α-hetero) is 1. The highest BCUT2D eigenvalue weighted by Crippen LogP contribution is 2.37. The number of nitrogens with zero attached hydrogens (tertiary/aromatic N) is 1. The average Bonchev–Trinajstić information content (AvgIpc) is 2.32. The fourth-order valence-electron chi connectivity index (χ4n) is 2.22. The number of alkyl halides is 3. The minimum absolute atomic E-state index is 0.121. The minimum Gasteiger partial charge on any atom is -0.370 e. The predicted octanol–water partition coefficient (Wildman–Crippen LogP) is 3.12. The molecule has 0 aromatic heterocycles. The fraction of sp³-hybridized carbons (Fsp3) is 0.462. The van der Waals surface area contributed by atoms with Gasteiger partial charge in [-0.3, -0.25) is 4.79 Å². The van der Waals surface area contributed by atoms with Gasteiger partial charge in [0.15, 0.2) is 0 Å². The van der Waals surface area contributed by atoms with E-state index in [1.165, 1.54) is 12.1 Å². The van der Waals surface area contributed by atoms with Crippen molar-refractivity contribution in [3.63, 3.8) is 0 Å². The highest BCUT2D eigenvalue weighted by molar-refractivity contribution is 5.83. The van der Waals surface area contributed by atoms with E-state index in [0.717, 1.165) is 6.07 Å². The fourth-order valence-corrected chi connectivity index (χ4v) is 2.22. The molecule has 98 valence electrons. The topological polar surface area (TPSA) is 20.3 Å². The molecule has 0 radical (unpaired) electrons. The minimum atomic E-state index is -4.36. The molecule has 1 aromatic carbocycles. The number of anilines is 1. The maximum atomic E-state index is 12.9. The van der Waals surface area contributed by atoms with Crippen molar-refractivity contribution in [2.75, 3.05) is 18.0 Å². The van der Waals surface area contributed by atoms with Crippen LogP contribution >= 0.6 is 0 Å². The van der Waals surface area contributed by atoms with Gasteiger partial charge in [-0.05, 0) is 12.1 Å². The summed E-state index contributed by atoms with van der Waals surface area (Å²) < 4.78 is 38.7. The number of carbonyl (C=O) groups is 1. The van der Waals surface area contributed by atoms with Gasteiger partial charge in [0, 0.05) is 31.1 Å². The van der Waals surface area contributed by atoms with E-state index < -0.39 is 11.7 Å². The third kappa shape index (κ3) is 2.49. The maximum Gasteiger partial charge on any atom is 0.418 e. The Bertz CT molecular complexity index is 456. The normalized spacial score (nSPS) is 21.2. The zero-order valence-electron chi connectivity index (χ0n) is 10.00. The van der Waals surface area contributed by atoms with Crippen LogP contribution in [0.5, 0.6) is 0 Å². The first-order valence-electron chi connectivity index (χ1n) is 5.83. The first-order chi connectivity index (χ1) is 8.39. The lowest BCUT2D eigenvalue weighted by atomic mass is 9.97. The van der Waals surface area contributed by atoms with Gasteiger partial charge in [-0.1, -0.05) is 19.1 Å². The van der Waals surface area contributed by atoms with Crippen molar-refractivity contribution in [2.45, 2.75) is 19.5 Å². The number of hydrogen-bond acceptors (Lipinski definition) is 2. The van der Waals surface area contributed by atoms with Crippen LogP contribution in [-0.2, 0) is 11.0 Å². The molecule has 1 unspecified atom stereocenters. The highest BCUT2D eigenvalue weighted by Gasteiger charge is 2.35. The van der Waals surface area contributed by atoms with E-state index in [9.17, 15) is 18.0 Å². The maximum absolute atomic E-state index is 12.9. The smallest absolute Gasteiger partial charge is 0.370 e. The second kappa shape index (κ2) is 4.63. The lowest BCUT2D eigenvalue weighted by Gasteiger charge is -2.33. The van der Waals surface area contributed by atoms with Crippen LogP contribution in [0.3, 0.4) is 0 Å². The van der Waals surface area contributed by atoms with E-state index in [1.807, 2.05) is 0 Å². The van der Waals surface area contributed by atoms with Crippen LogP contribution in [0.4, 0.5) is 18.9 Å². The van der Waals surface area contributed by atoms with Gasteiger partial charge in [0.1, 0.15) is 5.78 Å². The summed E-state index contributed by atoms with van der Waals surface area (Å²) in [6.07, 6.45) is -4.05. The third-order valence-electron chi connectivity index (χ3n) is 3.22. The second-order valence-corrected chi connectivity index (χ2v) is 4.58. The van der Waals surface area contributed by atoms with Crippen LogP contribution in [0.25, 0.3) is 0 Å². The van der Waals surface area contributed by atoms with E-state index in [0.29, 0.717) is 19.5 Å². The second-order valence-electron chi connectivity index (χ2n) is 4.58. The number of hydrogen-bond donors (Lipinski definition) is 0. The number of rotatable bonds is 1. The van der Waals surface area contributed by atoms with E-state index in [-0.39, 0.29) is 17.4 Å². The van der Waals surface area contributed by atoms with Crippen LogP contribution < -0.4 is 4.90 Å². The number of benzene rings is 1. The summed E-state index contributed by atoms with van der Waals surface area (Å²) >= 11 is 0. The van der Waals surface area contributed by atoms with Crippen LogP contribution in [0, 0.1) is 5.92 Å². The number of halogens is 3. The van der Waals surface area contributed by atoms with Gasteiger partial charge in [0.05, 0.1) is 5.56 Å². The molecular weight excluding hydrogens is 243 g/mol. The van der Waals surface area contributed by atoms with Crippen molar-refractivity contribution in [2.24, 2.45) is 5.92 Å². The molecule has 1 fully saturated rings. The SMILES string of the molecule is CC1CN(c2ccccc2C(F)(F)F)CCC1=O. The Labute approximate surface area is 103 Å². The molecule has 0 N–H and O–H groups in total. The summed E-state index contributed by atoms with van der Waals surface area (Å²) in [4.78, 5) is 13.1. The van der Waals surface area contributed by atoms with Crippen LogP contribution in [-0.4, -0.2) is 18.9 Å². The highest BCUT2D eigenvalue weighted by atomic mass is 19.4. The van der Waals surface area contributed by atoms with Crippen LogP contribution in [0.1, 0.15) is 18.9 Å². The molecule has 1 atom stereocenters. The molecule has 1 aromatic rings. The molecule has 0 bridgehead atoms. The van der Waals surface area contributed by atoms with Crippen molar-refractivity contribution in [3.05, 3.63) is 29.8 Å². The zero-order chi connectivity index (χ0) is 13.3. The van der Waals surface area contributed by atoms with Crippen molar-refractivity contribution in [1.29, 1.82) is 0 Å². The Morgan fingerprint density at radius 1 is 1.28 bits per heavy atom. The van der Waals surface area contributed by atoms with Crippen molar-refractivity contribution >= 4 is 11.5 Å². The van der Waals surface area contributed by atoms with Gasteiger partial charge in [-0.15, -0.1) is 0 Å². The van der Waals surface area contributed by atoms with Gasteiger partial charge in [0.2, 0.25) is 0 Å². The summed E-state index contributed by atoms with van der Waals surface area (Å²) in [5.74, 6) is -0.0872. The van der Waals surface area contributed by atoms with E-state index >= 15 is 0 Å². The first-order valence-corrected chi connectivity index (χ1v) is 5.83. The molecule has 2 rings (SSSR count). The van der Waals surface area contributed by atoms with Crippen LogP contribution in [0.15, 0.2) is 24.3 Å². The largest absolute Gasteiger partial charge is 0.418 e. The molecule has 1 heterocycles. The molecule has 0 aliphatic carbocycles. The Morgan fingerprint density at radius 3 is 2.56 bits per heavy atom. The van der Waals surface area contributed by atoms with E-state index in [1.54, 1.807) is 17.9 Å². The van der Waals surface area contributed by atoms with Gasteiger partial charge in [0.25, 0.3) is 0 Å². The molecule has 2 nitrogen and oxygen atoms in total. The molecule has 0 spiro atoms. The number of para-hydroxylation sites is 1. The third-order valence-corrected chi connectivity index (χ3v) is 3.22. The Morgan fingerprint density at radius 2 is 1.94 bits per heavy atom. The lowest BCUT2D eigenvalue weighted by molar-refractivity contribution is -0.137. The monoisotopic (exact) mass is 257 g/mol. The Hall–Kier alpha value is -1.52. The average molecular weight is 257 g/mol. The summed E-state index contributed by atoms with van der Waals surface area (Å²) in [6, 6.07) is 5.51. The summed E-state index contributed by atoms with van der Waals surface area (Å²) in [5, 5.41) is 0.